The first-order valence-electron chi connectivity index (χ1n) is 7.72. The van der Waals surface area contributed by atoms with Gasteiger partial charge in [0.25, 0.3) is 0 Å². The minimum atomic E-state index is 0.520. The van der Waals surface area contributed by atoms with E-state index in [0.29, 0.717) is 12.6 Å². The molecule has 2 aromatic rings. The number of imidazole rings is 1. The van der Waals surface area contributed by atoms with E-state index in [1.807, 2.05) is 17.8 Å². The molecule has 1 aromatic carbocycles. The predicted molar refractivity (Wildman–Crippen MR) is 83.3 cm³/mol. The summed E-state index contributed by atoms with van der Waals surface area (Å²) in [5.74, 6) is 0.950. The van der Waals surface area contributed by atoms with Crippen molar-refractivity contribution in [2.45, 2.75) is 38.8 Å². The lowest BCUT2D eigenvalue weighted by molar-refractivity contribution is 0.297. The van der Waals surface area contributed by atoms with E-state index in [9.17, 15) is 0 Å². The van der Waals surface area contributed by atoms with Crippen molar-refractivity contribution in [2.24, 2.45) is 7.05 Å². The summed E-state index contributed by atoms with van der Waals surface area (Å²) in [5.41, 5.74) is 3.94. The van der Waals surface area contributed by atoms with Gasteiger partial charge in [-0.3, -0.25) is 0 Å². The molecule has 0 saturated heterocycles. The molecular formula is C17H23N3O. The third kappa shape index (κ3) is 3.10. The normalized spacial score (nSPS) is 17.0. The maximum atomic E-state index is 5.89. The number of nitrogens with zero attached hydrogens (tertiary/aromatic N) is 2. The van der Waals surface area contributed by atoms with Crippen molar-refractivity contribution in [2.75, 3.05) is 6.54 Å². The van der Waals surface area contributed by atoms with Gasteiger partial charge in [-0.15, -0.1) is 0 Å². The van der Waals surface area contributed by atoms with E-state index in [4.69, 9.17) is 4.74 Å². The van der Waals surface area contributed by atoms with E-state index >= 15 is 0 Å². The Bertz CT molecular complexity index is 606. The molecule has 1 atom stereocenters. The molecule has 21 heavy (non-hydrogen) atoms. The summed E-state index contributed by atoms with van der Waals surface area (Å²) in [7, 11) is 1.98. The predicted octanol–water partition coefficient (Wildman–Crippen LogP) is 2.99. The third-order valence-corrected chi connectivity index (χ3v) is 4.14. The van der Waals surface area contributed by atoms with Gasteiger partial charge in [0.15, 0.2) is 0 Å². The summed E-state index contributed by atoms with van der Waals surface area (Å²) in [6, 6.07) is 7.01. The van der Waals surface area contributed by atoms with Gasteiger partial charge in [0, 0.05) is 13.1 Å². The molecular weight excluding hydrogens is 262 g/mol. The smallest absolute Gasteiger partial charge is 0.130 e. The van der Waals surface area contributed by atoms with Gasteiger partial charge in [-0.1, -0.05) is 13.0 Å². The topological polar surface area (TPSA) is 39.1 Å². The third-order valence-electron chi connectivity index (χ3n) is 4.14. The molecule has 1 aliphatic carbocycles. The lowest BCUT2D eigenvalue weighted by atomic mass is 10.1. The Morgan fingerprint density at radius 3 is 3.10 bits per heavy atom. The second-order valence-electron chi connectivity index (χ2n) is 5.69. The van der Waals surface area contributed by atoms with Crippen LogP contribution in [0, 0.1) is 0 Å². The van der Waals surface area contributed by atoms with Gasteiger partial charge in [0.05, 0.1) is 18.2 Å². The standard InChI is InChI=1S/C17H23N3O/c1-3-8-19-17-7-4-13-9-15(5-6-16(13)17)21-11-14-10-18-12-20(14)2/h5-6,9-10,12,17,19H,3-4,7-8,11H2,1-2H3. The van der Waals surface area contributed by atoms with Crippen LogP contribution in [0.3, 0.4) is 0 Å². The number of rotatable bonds is 6. The molecule has 1 unspecified atom stereocenters. The minimum absolute atomic E-state index is 0.520. The Labute approximate surface area is 126 Å². The molecule has 1 N–H and O–H groups in total. The van der Waals surface area contributed by atoms with Crippen LogP contribution in [0.25, 0.3) is 0 Å². The highest BCUT2D eigenvalue weighted by Gasteiger charge is 2.21. The molecule has 0 aliphatic heterocycles. The molecule has 4 nitrogen and oxygen atoms in total. The van der Waals surface area contributed by atoms with E-state index in [1.165, 1.54) is 24.0 Å². The number of ether oxygens (including phenoxy) is 1. The lowest BCUT2D eigenvalue weighted by Gasteiger charge is -2.14. The van der Waals surface area contributed by atoms with Crippen molar-refractivity contribution >= 4 is 0 Å². The number of nitrogens with one attached hydrogen (secondary N) is 1. The van der Waals surface area contributed by atoms with Crippen LogP contribution >= 0.6 is 0 Å². The van der Waals surface area contributed by atoms with Gasteiger partial charge in [0.1, 0.15) is 12.4 Å². The Morgan fingerprint density at radius 1 is 1.43 bits per heavy atom. The van der Waals surface area contributed by atoms with Crippen molar-refractivity contribution < 1.29 is 4.74 Å². The highest BCUT2D eigenvalue weighted by Crippen LogP contribution is 2.33. The van der Waals surface area contributed by atoms with Crippen LogP contribution in [0.15, 0.2) is 30.7 Å². The molecule has 3 rings (SSSR count). The molecule has 0 radical (unpaired) electrons. The lowest BCUT2D eigenvalue weighted by Crippen LogP contribution is -2.19. The Hall–Kier alpha value is -1.81. The molecule has 0 amide bonds. The number of aryl methyl sites for hydroxylation is 2. The summed E-state index contributed by atoms with van der Waals surface area (Å²) >= 11 is 0. The molecule has 1 aromatic heterocycles. The van der Waals surface area contributed by atoms with Gasteiger partial charge in [0.2, 0.25) is 0 Å². The van der Waals surface area contributed by atoms with Gasteiger partial charge in [-0.2, -0.15) is 0 Å². The van der Waals surface area contributed by atoms with E-state index in [1.54, 1.807) is 6.33 Å². The zero-order valence-corrected chi connectivity index (χ0v) is 12.8. The number of hydrogen-bond donors (Lipinski definition) is 1. The molecule has 112 valence electrons. The van der Waals surface area contributed by atoms with E-state index in [0.717, 1.165) is 24.4 Å². The first-order chi connectivity index (χ1) is 10.3. The average Bonchev–Trinajstić information content (AvgIpc) is 3.09. The SMILES string of the molecule is CCCNC1CCc2cc(OCc3cncn3C)ccc21. The van der Waals surface area contributed by atoms with Crippen LogP contribution < -0.4 is 10.1 Å². The summed E-state index contributed by atoms with van der Waals surface area (Å²) < 4.78 is 7.88. The van der Waals surface area contributed by atoms with Gasteiger partial charge >= 0.3 is 0 Å². The summed E-state index contributed by atoms with van der Waals surface area (Å²) in [6.45, 7) is 3.86. The van der Waals surface area contributed by atoms with Crippen LogP contribution in [0.4, 0.5) is 0 Å². The maximum absolute atomic E-state index is 5.89. The summed E-state index contributed by atoms with van der Waals surface area (Å²) in [5, 5.41) is 3.62. The molecule has 4 heteroatoms. The molecule has 0 saturated carbocycles. The average molecular weight is 285 g/mol. The van der Waals surface area contributed by atoms with Crippen LogP contribution in [-0.2, 0) is 20.1 Å². The number of aromatic nitrogens is 2. The second kappa shape index (κ2) is 6.31. The van der Waals surface area contributed by atoms with Crippen LogP contribution in [0.1, 0.15) is 42.6 Å². The largest absolute Gasteiger partial charge is 0.487 e. The fourth-order valence-corrected chi connectivity index (χ4v) is 2.90. The van der Waals surface area contributed by atoms with Gasteiger partial charge in [-0.25, -0.2) is 4.98 Å². The quantitative estimate of drug-likeness (QED) is 0.887. The molecule has 1 aliphatic rings. The maximum Gasteiger partial charge on any atom is 0.130 e. The van der Waals surface area contributed by atoms with E-state index in [-0.39, 0.29) is 0 Å². The van der Waals surface area contributed by atoms with Crippen molar-refractivity contribution in [3.63, 3.8) is 0 Å². The second-order valence-corrected chi connectivity index (χ2v) is 5.69. The number of fused-ring (bicyclic) bond motifs is 1. The zero-order valence-electron chi connectivity index (χ0n) is 12.8. The number of benzene rings is 1. The van der Waals surface area contributed by atoms with Crippen molar-refractivity contribution in [3.8, 4) is 5.75 Å². The fraction of sp³-hybridized carbons (Fsp3) is 0.471. The van der Waals surface area contributed by atoms with Crippen molar-refractivity contribution in [1.82, 2.24) is 14.9 Å². The Balaban J connectivity index is 1.65. The van der Waals surface area contributed by atoms with Crippen LogP contribution in [0.2, 0.25) is 0 Å². The minimum Gasteiger partial charge on any atom is -0.487 e. The molecule has 0 spiro atoms. The van der Waals surface area contributed by atoms with Gasteiger partial charge < -0.3 is 14.6 Å². The molecule has 0 bridgehead atoms. The van der Waals surface area contributed by atoms with Gasteiger partial charge in [-0.05, 0) is 49.1 Å². The summed E-state index contributed by atoms with van der Waals surface area (Å²) in [4.78, 5) is 4.10. The fourth-order valence-electron chi connectivity index (χ4n) is 2.90. The molecule has 0 fully saturated rings. The zero-order chi connectivity index (χ0) is 14.7. The van der Waals surface area contributed by atoms with E-state index in [2.05, 4.69) is 35.4 Å². The van der Waals surface area contributed by atoms with Crippen LogP contribution in [-0.4, -0.2) is 16.1 Å². The van der Waals surface area contributed by atoms with E-state index < -0.39 is 0 Å². The highest BCUT2D eigenvalue weighted by molar-refractivity contribution is 5.40. The summed E-state index contributed by atoms with van der Waals surface area (Å²) in [6.07, 6.45) is 7.15. The van der Waals surface area contributed by atoms with Crippen molar-refractivity contribution in [3.05, 3.63) is 47.5 Å². The van der Waals surface area contributed by atoms with Crippen LogP contribution in [0.5, 0.6) is 5.75 Å². The monoisotopic (exact) mass is 285 g/mol. The molecule has 1 heterocycles. The van der Waals surface area contributed by atoms with Crippen molar-refractivity contribution in [1.29, 1.82) is 0 Å². The highest BCUT2D eigenvalue weighted by atomic mass is 16.5. The Kier molecular flexibility index (Phi) is 4.25. The first-order valence-corrected chi connectivity index (χ1v) is 7.72. The first kappa shape index (κ1) is 14.1. The Morgan fingerprint density at radius 2 is 2.33 bits per heavy atom. The number of hydrogen-bond acceptors (Lipinski definition) is 3.